The molecule has 6 heteroatoms. The van der Waals surface area contributed by atoms with Crippen LogP contribution in [0.25, 0.3) is 0 Å². The van der Waals surface area contributed by atoms with Crippen LogP contribution in [0.15, 0.2) is 0 Å². The van der Waals surface area contributed by atoms with Crippen molar-refractivity contribution in [2.75, 3.05) is 13.2 Å². The molecule has 0 aliphatic carbocycles. The first kappa shape index (κ1) is 9.32. The fourth-order valence-corrected chi connectivity index (χ4v) is 1.63. The van der Waals surface area contributed by atoms with Gasteiger partial charge in [-0.15, -0.1) is 0 Å². The molecule has 2 saturated heterocycles. The van der Waals surface area contributed by atoms with Crippen LogP contribution in [0.5, 0.6) is 0 Å². The zero-order chi connectivity index (χ0) is 9.64. The summed E-state index contributed by atoms with van der Waals surface area (Å²) in [4.78, 5) is 0. The van der Waals surface area contributed by atoms with Crippen molar-refractivity contribution in [3.8, 4) is 0 Å². The molecule has 0 saturated carbocycles. The van der Waals surface area contributed by atoms with E-state index in [1.165, 1.54) is 0 Å². The molecule has 0 amide bonds. The summed E-state index contributed by atoms with van der Waals surface area (Å²) >= 11 is 0. The Bertz CT molecular complexity index is 203. The Labute approximate surface area is 74.3 Å². The summed E-state index contributed by atoms with van der Waals surface area (Å²) in [6.07, 6.45) is -4.68. The van der Waals surface area contributed by atoms with Gasteiger partial charge in [0.2, 0.25) is 0 Å². The van der Waals surface area contributed by atoms with E-state index in [4.69, 9.17) is 14.6 Å². The molecule has 0 aromatic heterocycles. The third-order valence-corrected chi connectivity index (χ3v) is 2.60. The number of aliphatic hydroxyl groups is 4. The third kappa shape index (κ3) is 1.18. The van der Waals surface area contributed by atoms with Gasteiger partial charge in [0.25, 0.3) is 0 Å². The van der Waals surface area contributed by atoms with Gasteiger partial charge >= 0.3 is 0 Å². The Balaban J connectivity index is 2.16. The normalized spacial score (nSPS) is 55.4. The van der Waals surface area contributed by atoms with Gasteiger partial charge in [-0.3, -0.25) is 0 Å². The summed E-state index contributed by atoms with van der Waals surface area (Å²) < 4.78 is 9.67. The van der Waals surface area contributed by atoms with Crippen molar-refractivity contribution < 1.29 is 29.9 Å². The lowest BCUT2D eigenvalue weighted by molar-refractivity contribution is -0.277. The van der Waals surface area contributed by atoms with E-state index < -0.39 is 36.8 Å². The molecule has 5 atom stereocenters. The van der Waals surface area contributed by atoms with Gasteiger partial charge in [0.1, 0.15) is 18.3 Å². The minimum absolute atomic E-state index is 0.173. The maximum atomic E-state index is 9.57. The van der Waals surface area contributed by atoms with Crippen LogP contribution in [0.3, 0.4) is 0 Å². The molecule has 0 unspecified atom stereocenters. The van der Waals surface area contributed by atoms with Crippen molar-refractivity contribution in [3.05, 3.63) is 0 Å². The van der Waals surface area contributed by atoms with Crippen LogP contribution in [0, 0.1) is 0 Å². The Morgan fingerprint density at radius 3 is 2.31 bits per heavy atom. The first-order valence-electron chi connectivity index (χ1n) is 4.06. The molecule has 4 N–H and O–H groups in total. The monoisotopic (exact) mass is 192 g/mol. The second-order valence-electron chi connectivity index (χ2n) is 3.38. The Morgan fingerprint density at radius 1 is 1.23 bits per heavy atom. The van der Waals surface area contributed by atoms with E-state index in [9.17, 15) is 15.3 Å². The molecular weight excluding hydrogens is 180 g/mol. The van der Waals surface area contributed by atoms with Gasteiger partial charge in [0.15, 0.2) is 11.9 Å². The van der Waals surface area contributed by atoms with Gasteiger partial charge in [-0.25, -0.2) is 0 Å². The standard InChI is InChI=1S/C7H12O6/c8-1-3-4(9)7(2-12-7)5(10)6(11)13-3/h3-6,8-11H,1-2H2/t3-,4-,5-,6-,7+/m1/s1. The number of rotatable bonds is 1. The van der Waals surface area contributed by atoms with Gasteiger partial charge in [-0.2, -0.15) is 0 Å². The lowest BCUT2D eigenvalue weighted by atomic mass is 9.89. The second kappa shape index (κ2) is 2.88. The van der Waals surface area contributed by atoms with Crippen molar-refractivity contribution in [1.29, 1.82) is 0 Å². The van der Waals surface area contributed by atoms with Crippen molar-refractivity contribution in [1.82, 2.24) is 0 Å². The van der Waals surface area contributed by atoms with Gasteiger partial charge in [-0.1, -0.05) is 0 Å². The van der Waals surface area contributed by atoms with Gasteiger partial charge in [-0.05, 0) is 0 Å². The number of hydrogen-bond acceptors (Lipinski definition) is 6. The lowest BCUT2D eigenvalue weighted by Gasteiger charge is -2.38. The Hall–Kier alpha value is -0.240. The molecule has 1 spiro atoms. The van der Waals surface area contributed by atoms with Crippen LogP contribution in [0.4, 0.5) is 0 Å². The molecule has 0 radical (unpaired) electrons. The van der Waals surface area contributed by atoms with Gasteiger partial charge < -0.3 is 29.9 Å². The van der Waals surface area contributed by atoms with E-state index in [1.54, 1.807) is 0 Å². The third-order valence-electron chi connectivity index (χ3n) is 2.60. The van der Waals surface area contributed by atoms with E-state index in [0.717, 1.165) is 0 Å². The van der Waals surface area contributed by atoms with Gasteiger partial charge in [0.05, 0.1) is 13.2 Å². The Kier molecular flexibility index (Phi) is 2.06. The highest BCUT2D eigenvalue weighted by atomic mass is 16.7. The quantitative estimate of drug-likeness (QED) is 0.334. The average Bonchev–Trinajstić information content (AvgIpc) is 2.90. The minimum Gasteiger partial charge on any atom is -0.394 e. The number of ether oxygens (including phenoxy) is 2. The van der Waals surface area contributed by atoms with E-state index >= 15 is 0 Å². The van der Waals surface area contributed by atoms with Crippen molar-refractivity contribution in [2.45, 2.75) is 30.2 Å². The molecule has 2 heterocycles. The highest BCUT2D eigenvalue weighted by Gasteiger charge is 2.64. The van der Waals surface area contributed by atoms with E-state index in [2.05, 4.69) is 0 Å². The average molecular weight is 192 g/mol. The summed E-state index contributed by atoms with van der Waals surface area (Å²) in [5.74, 6) is 0. The van der Waals surface area contributed by atoms with Crippen LogP contribution in [-0.4, -0.2) is 63.8 Å². The molecule has 2 aliphatic rings. The van der Waals surface area contributed by atoms with Crippen LogP contribution in [-0.2, 0) is 9.47 Å². The molecule has 6 nitrogen and oxygen atoms in total. The van der Waals surface area contributed by atoms with Crippen LogP contribution in [0.1, 0.15) is 0 Å². The Morgan fingerprint density at radius 2 is 1.85 bits per heavy atom. The maximum absolute atomic E-state index is 9.57. The van der Waals surface area contributed by atoms with Crippen molar-refractivity contribution in [2.24, 2.45) is 0 Å². The molecule has 2 fully saturated rings. The summed E-state index contributed by atoms with van der Waals surface area (Å²) in [6, 6.07) is 0. The van der Waals surface area contributed by atoms with E-state index in [0.29, 0.717) is 0 Å². The first-order chi connectivity index (χ1) is 6.12. The highest BCUT2D eigenvalue weighted by Crippen LogP contribution is 2.41. The van der Waals surface area contributed by atoms with Crippen LogP contribution >= 0.6 is 0 Å². The predicted octanol–water partition coefficient (Wildman–Crippen LogP) is -2.81. The number of aliphatic hydroxyl groups excluding tert-OH is 4. The van der Waals surface area contributed by atoms with Crippen molar-refractivity contribution in [3.63, 3.8) is 0 Å². The molecule has 2 rings (SSSR count). The van der Waals surface area contributed by atoms with Gasteiger partial charge in [0, 0.05) is 0 Å². The summed E-state index contributed by atoms with van der Waals surface area (Å²) in [6.45, 7) is -0.248. The molecule has 2 aliphatic heterocycles. The summed E-state index contributed by atoms with van der Waals surface area (Å²) in [7, 11) is 0. The highest BCUT2D eigenvalue weighted by molar-refractivity contribution is 5.10. The largest absolute Gasteiger partial charge is 0.394 e. The number of hydrogen-bond donors (Lipinski definition) is 4. The maximum Gasteiger partial charge on any atom is 0.184 e. The molecule has 76 valence electrons. The molecular formula is C7H12O6. The van der Waals surface area contributed by atoms with E-state index in [-0.39, 0.29) is 6.61 Å². The SMILES string of the molecule is OC[C@H]1O[C@@H](O)[C@@H](O)[C@]2(CO2)[C@@H]1O. The fourth-order valence-electron chi connectivity index (χ4n) is 1.63. The lowest BCUT2D eigenvalue weighted by Crippen LogP contribution is -2.61. The van der Waals surface area contributed by atoms with E-state index in [1.807, 2.05) is 0 Å². The van der Waals surface area contributed by atoms with Crippen LogP contribution < -0.4 is 0 Å². The number of epoxide rings is 1. The topological polar surface area (TPSA) is 103 Å². The van der Waals surface area contributed by atoms with Crippen LogP contribution in [0.2, 0.25) is 0 Å². The van der Waals surface area contributed by atoms with Crippen molar-refractivity contribution >= 4 is 0 Å². The zero-order valence-electron chi connectivity index (χ0n) is 6.83. The fraction of sp³-hybridized carbons (Fsp3) is 1.00. The second-order valence-corrected chi connectivity index (χ2v) is 3.38. The molecule has 0 bridgehead atoms. The molecule has 0 aromatic carbocycles. The molecule has 0 aromatic rings. The zero-order valence-corrected chi connectivity index (χ0v) is 6.83. The smallest absolute Gasteiger partial charge is 0.184 e. The minimum atomic E-state index is -1.41. The summed E-state index contributed by atoms with van der Waals surface area (Å²) in [5, 5.41) is 37.0. The first-order valence-corrected chi connectivity index (χ1v) is 4.06. The molecule has 13 heavy (non-hydrogen) atoms. The predicted molar refractivity (Wildman–Crippen MR) is 38.7 cm³/mol. The summed E-state index contributed by atoms with van der Waals surface area (Å²) in [5.41, 5.74) is -1.13.